The lowest BCUT2D eigenvalue weighted by atomic mass is 9.94. The molecule has 0 saturated carbocycles. The van der Waals surface area contributed by atoms with Crippen LogP contribution in [0.2, 0.25) is 0 Å². The molecular formula is C16H23NO. The molecule has 1 aromatic carbocycles. The van der Waals surface area contributed by atoms with E-state index in [1.54, 1.807) is 0 Å². The predicted octanol–water partition coefficient (Wildman–Crippen LogP) is 4.02. The monoisotopic (exact) mass is 245 g/mol. The molecule has 2 aromatic rings. The fourth-order valence-electron chi connectivity index (χ4n) is 2.44. The molecular weight excluding hydrogens is 222 g/mol. The summed E-state index contributed by atoms with van der Waals surface area (Å²) in [5.74, 6) is 0.531. The Hall–Kier alpha value is -1.28. The summed E-state index contributed by atoms with van der Waals surface area (Å²) >= 11 is 0. The maximum atomic E-state index is 5.77. The number of likely N-dealkylation sites (N-methyl/N-ethyl adjacent to an activating group) is 1. The van der Waals surface area contributed by atoms with Gasteiger partial charge in [-0.25, -0.2) is 0 Å². The van der Waals surface area contributed by atoms with E-state index < -0.39 is 0 Å². The highest BCUT2D eigenvalue weighted by molar-refractivity contribution is 5.87. The van der Waals surface area contributed by atoms with Crippen LogP contribution in [-0.2, 0) is 6.42 Å². The molecule has 1 heterocycles. The summed E-state index contributed by atoms with van der Waals surface area (Å²) in [7, 11) is 0. The molecule has 0 bridgehead atoms. The standard InChI is InChI=1S/C16H23NO/c1-5-17-9-8-13-10-18-16-12(4)6-7-14(11(2)3)15(13)16/h6-7,10-11,17H,5,8-9H2,1-4H3. The van der Waals surface area contributed by atoms with Crippen LogP contribution < -0.4 is 5.32 Å². The number of nitrogens with one attached hydrogen (secondary N) is 1. The highest BCUT2D eigenvalue weighted by Crippen LogP contribution is 2.32. The molecule has 0 saturated heterocycles. The summed E-state index contributed by atoms with van der Waals surface area (Å²) in [5.41, 5.74) is 5.02. The molecule has 0 unspecified atom stereocenters. The summed E-state index contributed by atoms with van der Waals surface area (Å²) in [5, 5.41) is 4.71. The molecule has 0 fully saturated rings. The fourth-order valence-corrected chi connectivity index (χ4v) is 2.44. The highest BCUT2D eigenvalue weighted by Gasteiger charge is 2.14. The zero-order valence-electron chi connectivity index (χ0n) is 11.8. The lowest BCUT2D eigenvalue weighted by Crippen LogP contribution is -2.16. The first-order chi connectivity index (χ1) is 8.65. The van der Waals surface area contributed by atoms with E-state index in [-0.39, 0.29) is 0 Å². The number of rotatable bonds is 5. The van der Waals surface area contributed by atoms with Crippen molar-refractivity contribution in [1.82, 2.24) is 5.32 Å². The molecule has 2 rings (SSSR count). The van der Waals surface area contributed by atoms with Crippen molar-refractivity contribution < 1.29 is 4.42 Å². The third-order valence-corrected chi connectivity index (χ3v) is 3.47. The molecule has 0 aliphatic carbocycles. The molecule has 0 aliphatic rings. The third-order valence-electron chi connectivity index (χ3n) is 3.47. The maximum absolute atomic E-state index is 5.77. The van der Waals surface area contributed by atoms with Gasteiger partial charge in [-0.1, -0.05) is 32.9 Å². The van der Waals surface area contributed by atoms with Crippen LogP contribution in [0.5, 0.6) is 0 Å². The smallest absolute Gasteiger partial charge is 0.137 e. The second-order valence-electron chi connectivity index (χ2n) is 5.20. The van der Waals surface area contributed by atoms with Crippen LogP contribution in [-0.4, -0.2) is 13.1 Å². The van der Waals surface area contributed by atoms with Gasteiger partial charge in [-0.05, 0) is 49.0 Å². The first-order valence-corrected chi connectivity index (χ1v) is 6.85. The summed E-state index contributed by atoms with van der Waals surface area (Å²) in [6, 6.07) is 4.41. The Kier molecular flexibility index (Phi) is 4.07. The fraction of sp³-hybridized carbons (Fsp3) is 0.500. The number of fused-ring (bicyclic) bond motifs is 1. The summed E-state index contributed by atoms with van der Waals surface area (Å²) < 4.78 is 5.77. The number of furan rings is 1. The van der Waals surface area contributed by atoms with Crippen molar-refractivity contribution in [2.75, 3.05) is 13.1 Å². The van der Waals surface area contributed by atoms with Crippen LogP contribution >= 0.6 is 0 Å². The van der Waals surface area contributed by atoms with Crippen molar-refractivity contribution in [3.05, 3.63) is 35.1 Å². The predicted molar refractivity (Wildman–Crippen MR) is 77.3 cm³/mol. The van der Waals surface area contributed by atoms with E-state index in [1.807, 2.05) is 6.26 Å². The van der Waals surface area contributed by atoms with Gasteiger partial charge < -0.3 is 9.73 Å². The number of hydrogen-bond donors (Lipinski definition) is 1. The van der Waals surface area contributed by atoms with Gasteiger partial charge in [0.05, 0.1) is 6.26 Å². The third kappa shape index (κ3) is 2.44. The minimum absolute atomic E-state index is 0.531. The van der Waals surface area contributed by atoms with E-state index in [0.29, 0.717) is 5.92 Å². The van der Waals surface area contributed by atoms with Gasteiger partial charge in [0.1, 0.15) is 5.58 Å². The van der Waals surface area contributed by atoms with Crippen LogP contribution in [0.25, 0.3) is 11.0 Å². The second kappa shape index (κ2) is 5.57. The summed E-state index contributed by atoms with van der Waals surface area (Å²) in [6.45, 7) is 10.8. The molecule has 18 heavy (non-hydrogen) atoms. The van der Waals surface area contributed by atoms with Gasteiger partial charge >= 0.3 is 0 Å². The van der Waals surface area contributed by atoms with Gasteiger partial charge in [0.2, 0.25) is 0 Å². The van der Waals surface area contributed by atoms with Crippen LogP contribution in [0.1, 0.15) is 43.4 Å². The minimum Gasteiger partial charge on any atom is -0.464 e. The van der Waals surface area contributed by atoms with Crippen LogP contribution in [0.4, 0.5) is 0 Å². The average molecular weight is 245 g/mol. The second-order valence-corrected chi connectivity index (χ2v) is 5.20. The Labute approximate surface area is 109 Å². The Morgan fingerprint density at radius 2 is 2.06 bits per heavy atom. The number of hydrogen-bond acceptors (Lipinski definition) is 2. The lowest BCUT2D eigenvalue weighted by Gasteiger charge is -2.10. The van der Waals surface area contributed by atoms with Crippen molar-refractivity contribution in [3.63, 3.8) is 0 Å². The topological polar surface area (TPSA) is 25.2 Å². The van der Waals surface area contributed by atoms with Crippen molar-refractivity contribution in [2.24, 2.45) is 0 Å². The van der Waals surface area contributed by atoms with Gasteiger partial charge in [-0.3, -0.25) is 0 Å². The molecule has 0 spiro atoms. The van der Waals surface area contributed by atoms with Gasteiger partial charge in [0.25, 0.3) is 0 Å². The highest BCUT2D eigenvalue weighted by atomic mass is 16.3. The molecule has 1 N–H and O–H groups in total. The van der Waals surface area contributed by atoms with Crippen LogP contribution in [0, 0.1) is 6.92 Å². The lowest BCUT2D eigenvalue weighted by molar-refractivity contribution is 0.605. The van der Waals surface area contributed by atoms with Crippen molar-refractivity contribution in [1.29, 1.82) is 0 Å². The number of aryl methyl sites for hydroxylation is 1. The molecule has 98 valence electrons. The molecule has 0 amide bonds. The molecule has 0 radical (unpaired) electrons. The normalized spacial score (nSPS) is 11.6. The van der Waals surface area contributed by atoms with E-state index in [2.05, 4.69) is 45.1 Å². The largest absolute Gasteiger partial charge is 0.464 e. The van der Waals surface area contributed by atoms with Gasteiger partial charge in [0, 0.05) is 5.39 Å². The van der Waals surface area contributed by atoms with E-state index in [4.69, 9.17) is 4.42 Å². The maximum Gasteiger partial charge on any atom is 0.137 e. The molecule has 1 aromatic heterocycles. The van der Waals surface area contributed by atoms with Gasteiger partial charge in [0.15, 0.2) is 0 Å². The quantitative estimate of drug-likeness (QED) is 0.805. The zero-order chi connectivity index (χ0) is 13.1. The van der Waals surface area contributed by atoms with Crippen molar-refractivity contribution >= 4 is 11.0 Å². The molecule has 0 atom stereocenters. The Morgan fingerprint density at radius 3 is 2.72 bits per heavy atom. The Morgan fingerprint density at radius 1 is 1.28 bits per heavy atom. The first-order valence-electron chi connectivity index (χ1n) is 6.85. The zero-order valence-corrected chi connectivity index (χ0v) is 11.8. The van der Waals surface area contributed by atoms with Crippen molar-refractivity contribution in [2.45, 2.75) is 40.0 Å². The van der Waals surface area contributed by atoms with E-state index in [1.165, 1.54) is 22.1 Å². The van der Waals surface area contributed by atoms with Gasteiger partial charge in [-0.2, -0.15) is 0 Å². The molecule has 2 nitrogen and oxygen atoms in total. The molecule has 0 aliphatic heterocycles. The van der Waals surface area contributed by atoms with Gasteiger partial charge in [-0.15, -0.1) is 0 Å². The van der Waals surface area contributed by atoms with Crippen molar-refractivity contribution in [3.8, 4) is 0 Å². The minimum atomic E-state index is 0.531. The first kappa shape index (κ1) is 13.2. The average Bonchev–Trinajstić information content (AvgIpc) is 2.75. The Bertz CT molecular complexity index is 525. The van der Waals surface area contributed by atoms with Crippen LogP contribution in [0.3, 0.4) is 0 Å². The van der Waals surface area contributed by atoms with Crippen LogP contribution in [0.15, 0.2) is 22.8 Å². The summed E-state index contributed by atoms with van der Waals surface area (Å²) in [6.07, 6.45) is 2.96. The Balaban J connectivity index is 2.44. The molecule has 2 heteroatoms. The van der Waals surface area contributed by atoms with E-state index in [0.717, 1.165) is 25.1 Å². The summed E-state index contributed by atoms with van der Waals surface area (Å²) in [4.78, 5) is 0. The van der Waals surface area contributed by atoms with E-state index in [9.17, 15) is 0 Å². The SMILES string of the molecule is CCNCCc1coc2c(C)ccc(C(C)C)c12. The number of benzene rings is 1. The van der Waals surface area contributed by atoms with E-state index >= 15 is 0 Å².